The lowest BCUT2D eigenvalue weighted by molar-refractivity contribution is -0.0622. The molecule has 1 fully saturated rings. The molecule has 0 aromatic rings. The zero-order chi connectivity index (χ0) is 14.7. The summed E-state index contributed by atoms with van der Waals surface area (Å²) in [6.45, 7) is 20.0. The molecule has 0 bridgehead atoms. The molecule has 0 spiro atoms. The zero-order valence-corrected chi connectivity index (χ0v) is 14.0. The maximum atomic E-state index is 5.73. The largest absolute Gasteiger partial charge is 0.376 e. The number of hydrogen-bond donors (Lipinski definition) is 1. The van der Waals surface area contributed by atoms with E-state index in [0.29, 0.717) is 17.6 Å². The number of morpholine rings is 1. The molecule has 0 aromatic heterocycles. The monoisotopic (exact) mass is 270 g/mol. The first-order chi connectivity index (χ1) is 8.65. The SMILES string of the molecule is CCC(C)(CNC(C)(C)C)CN1CC(C)OCC1C. The van der Waals surface area contributed by atoms with Crippen LogP contribution in [-0.2, 0) is 4.74 Å². The minimum Gasteiger partial charge on any atom is -0.376 e. The molecule has 1 saturated heterocycles. The van der Waals surface area contributed by atoms with E-state index in [9.17, 15) is 0 Å². The van der Waals surface area contributed by atoms with Gasteiger partial charge in [-0.05, 0) is 46.5 Å². The van der Waals surface area contributed by atoms with E-state index in [-0.39, 0.29) is 5.54 Å². The summed E-state index contributed by atoms with van der Waals surface area (Å²) in [5.41, 5.74) is 0.527. The highest BCUT2D eigenvalue weighted by Gasteiger charge is 2.31. The van der Waals surface area contributed by atoms with E-state index in [1.807, 2.05) is 0 Å². The molecular weight excluding hydrogens is 236 g/mol. The topological polar surface area (TPSA) is 24.5 Å². The molecule has 114 valence electrons. The minimum absolute atomic E-state index is 0.195. The Morgan fingerprint density at radius 2 is 1.84 bits per heavy atom. The van der Waals surface area contributed by atoms with E-state index in [1.54, 1.807) is 0 Å². The number of nitrogens with zero attached hydrogens (tertiary/aromatic N) is 1. The Morgan fingerprint density at radius 3 is 2.37 bits per heavy atom. The van der Waals surface area contributed by atoms with Crippen molar-refractivity contribution in [3.63, 3.8) is 0 Å². The smallest absolute Gasteiger partial charge is 0.0674 e. The average molecular weight is 270 g/mol. The van der Waals surface area contributed by atoms with Crippen LogP contribution >= 0.6 is 0 Å². The molecule has 1 N–H and O–H groups in total. The van der Waals surface area contributed by atoms with Crippen LogP contribution in [0.2, 0.25) is 0 Å². The van der Waals surface area contributed by atoms with E-state index in [2.05, 4.69) is 58.7 Å². The first kappa shape index (κ1) is 16.9. The van der Waals surface area contributed by atoms with Gasteiger partial charge in [0.15, 0.2) is 0 Å². The Labute approximate surface area is 120 Å². The number of nitrogens with one attached hydrogen (secondary N) is 1. The Kier molecular flexibility index (Phi) is 5.84. The van der Waals surface area contributed by atoms with Gasteiger partial charge < -0.3 is 10.1 Å². The lowest BCUT2D eigenvalue weighted by atomic mass is 9.85. The van der Waals surface area contributed by atoms with Crippen molar-refractivity contribution in [2.24, 2.45) is 5.41 Å². The predicted octanol–water partition coefficient (Wildman–Crippen LogP) is 2.90. The molecule has 0 aliphatic carbocycles. The van der Waals surface area contributed by atoms with Crippen molar-refractivity contribution in [1.82, 2.24) is 10.2 Å². The van der Waals surface area contributed by atoms with Crippen LogP contribution in [0.15, 0.2) is 0 Å². The fourth-order valence-corrected chi connectivity index (χ4v) is 2.45. The highest BCUT2D eigenvalue weighted by Crippen LogP contribution is 2.25. The molecule has 19 heavy (non-hydrogen) atoms. The van der Waals surface area contributed by atoms with Crippen molar-refractivity contribution in [3.05, 3.63) is 0 Å². The van der Waals surface area contributed by atoms with E-state index in [4.69, 9.17) is 4.74 Å². The van der Waals surface area contributed by atoms with Crippen LogP contribution in [0.4, 0.5) is 0 Å². The maximum absolute atomic E-state index is 5.73. The third-order valence-corrected chi connectivity index (χ3v) is 4.22. The van der Waals surface area contributed by atoms with Gasteiger partial charge in [-0.3, -0.25) is 4.90 Å². The molecule has 1 rings (SSSR count). The molecule has 0 saturated carbocycles. The van der Waals surface area contributed by atoms with Gasteiger partial charge in [-0.2, -0.15) is 0 Å². The Bertz CT molecular complexity index is 274. The number of ether oxygens (including phenoxy) is 1. The van der Waals surface area contributed by atoms with E-state index >= 15 is 0 Å². The van der Waals surface area contributed by atoms with Gasteiger partial charge in [0.2, 0.25) is 0 Å². The highest BCUT2D eigenvalue weighted by atomic mass is 16.5. The molecule has 0 aromatic carbocycles. The fraction of sp³-hybridized carbons (Fsp3) is 1.00. The van der Waals surface area contributed by atoms with Crippen molar-refractivity contribution in [1.29, 1.82) is 0 Å². The number of hydrogen-bond acceptors (Lipinski definition) is 3. The Hall–Kier alpha value is -0.120. The highest BCUT2D eigenvalue weighted by molar-refractivity contribution is 4.86. The number of rotatable bonds is 5. The molecule has 3 unspecified atom stereocenters. The predicted molar refractivity (Wildman–Crippen MR) is 82.6 cm³/mol. The summed E-state index contributed by atoms with van der Waals surface area (Å²) in [5, 5.41) is 3.67. The van der Waals surface area contributed by atoms with Gasteiger partial charge >= 0.3 is 0 Å². The van der Waals surface area contributed by atoms with Crippen molar-refractivity contribution >= 4 is 0 Å². The lowest BCUT2D eigenvalue weighted by Gasteiger charge is -2.43. The Balaban J connectivity index is 2.58. The summed E-state index contributed by atoms with van der Waals surface area (Å²) in [4.78, 5) is 2.60. The van der Waals surface area contributed by atoms with Crippen LogP contribution in [0.25, 0.3) is 0 Å². The van der Waals surface area contributed by atoms with Crippen LogP contribution < -0.4 is 5.32 Å². The summed E-state index contributed by atoms with van der Waals surface area (Å²) >= 11 is 0. The standard InChI is InChI=1S/C16H34N2O/c1-8-16(7,11-17-15(4,5)6)12-18-9-14(3)19-10-13(18)2/h13-14,17H,8-12H2,1-7H3. The summed E-state index contributed by atoms with van der Waals surface area (Å²) in [6, 6.07) is 0.539. The van der Waals surface area contributed by atoms with Gasteiger partial charge in [0.05, 0.1) is 12.7 Å². The van der Waals surface area contributed by atoms with Gasteiger partial charge in [0.1, 0.15) is 0 Å². The molecule has 1 aliphatic heterocycles. The average Bonchev–Trinajstić information content (AvgIpc) is 2.31. The first-order valence-electron chi connectivity index (χ1n) is 7.76. The third-order valence-electron chi connectivity index (χ3n) is 4.22. The second kappa shape index (κ2) is 6.55. The molecule has 0 radical (unpaired) electrons. The van der Waals surface area contributed by atoms with Gasteiger partial charge in [0, 0.05) is 31.2 Å². The third kappa shape index (κ3) is 5.80. The van der Waals surface area contributed by atoms with Crippen molar-refractivity contribution < 1.29 is 4.74 Å². The van der Waals surface area contributed by atoms with E-state index in [1.165, 1.54) is 6.42 Å². The second-order valence-corrected chi connectivity index (χ2v) is 7.69. The molecular formula is C16H34N2O. The summed E-state index contributed by atoms with van der Waals surface area (Å²) in [6.07, 6.45) is 1.57. The van der Waals surface area contributed by atoms with E-state index in [0.717, 1.165) is 26.2 Å². The summed E-state index contributed by atoms with van der Waals surface area (Å²) in [5.74, 6) is 0. The normalized spacial score (nSPS) is 29.2. The van der Waals surface area contributed by atoms with Crippen molar-refractivity contribution in [3.8, 4) is 0 Å². The molecule has 3 heteroatoms. The molecule has 1 aliphatic rings. The van der Waals surface area contributed by atoms with Crippen molar-refractivity contribution in [2.75, 3.05) is 26.2 Å². The maximum Gasteiger partial charge on any atom is 0.0674 e. The zero-order valence-electron chi connectivity index (χ0n) is 14.0. The van der Waals surface area contributed by atoms with Crippen LogP contribution in [0, 0.1) is 5.41 Å². The van der Waals surface area contributed by atoms with Gasteiger partial charge in [-0.15, -0.1) is 0 Å². The molecule has 3 nitrogen and oxygen atoms in total. The minimum atomic E-state index is 0.195. The lowest BCUT2D eigenvalue weighted by Crippen LogP contribution is -2.53. The van der Waals surface area contributed by atoms with Gasteiger partial charge in [-0.25, -0.2) is 0 Å². The summed E-state index contributed by atoms with van der Waals surface area (Å²) in [7, 11) is 0. The first-order valence-corrected chi connectivity index (χ1v) is 7.76. The molecule has 3 atom stereocenters. The van der Waals surface area contributed by atoms with Crippen LogP contribution in [0.1, 0.15) is 54.9 Å². The fourth-order valence-electron chi connectivity index (χ4n) is 2.45. The van der Waals surface area contributed by atoms with Crippen molar-refractivity contribution in [2.45, 2.75) is 72.6 Å². The van der Waals surface area contributed by atoms with E-state index < -0.39 is 0 Å². The van der Waals surface area contributed by atoms with Gasteiger partial charge in [0.25, 0.3) is 0 Å². The second-order valence-electron chi connectivity index (χ2n) is 7.69. The Morgan fingerprint density at radius 1 is 1.21 bits per heavy atom. The molecule has 0 amide bonds. The molecule has 1 heterocycles. The van der Waals surface area contributed by atoms with Crippen LogP contribution in [0.3, 0.4) is 0 Å². The van der Waals surface area contributed by atoms with Gasteiger partial charge in [-0.1, -0.05) is 13.8 Å². The summed E-state index contributed by atoms with van der Waals surface area (Å²) < 4.78 is 5.73. The van der Waals surface area contributed by atoms with Crippen LogP contribution in [-0.4, -0.2) is 48.8 Å². The quantitative estimate of drug-likeness (QED) is 0.831. The van der Waals surface area contributed by atoms with Crippen LogP contribution in [0.5, 0.6) is 0 Å².